The number of aromatic nitrogens is 3. The van der Waals surface area contributed by atoms with Gasteiger partial charge in [0.25, 0.3) is 0 Å². The van der Waals surface area contributed by atoms with Crippen molar-refractivity contribution < 1.29 is 0 Å². The van der Waals surface area contributed by atoms with E-state index in [-0.39, 0.29) is 0 Å². The van der Waals surface area contributed by atoms with Gasteiger partial charge >= 0.3 is 0 Å². The zero-order valence-corrected chi connectivity index (χ0v) is 30.8. The number of rotatable bonds is 7. The van der Waals surface area contributed by atoms with E-state index in [0.717, 1.165) is 27.5 Å². The monoisotopic (exact) mass is 721 g/mol. The molecule has 0 fully saturated rings. The second kappa shape index (κ2) is 13.8. The number of benzene rings is 9. The third kappa shape index (κ3) is 5.67. The third-order valence-electron chi connectivity index (χ3n) is 10.4. The Morgan fingerprint density at radius 3 is 1.40 bits per heavy atom. The second-order valence-electron chi connectivity index (χ2n) is 13.6. The van der Waals surface area contributed by atoms with Crippen molar-refractivity contribution >= 4 is 42.3 Å². The standard InChI is InChI=1S/C51H35N3S/c1-5-19-37(20-6-1)49-52-50(54-51(53-49)47-35-38-21-14-15-30-44(38)46-33-32-36-18-13-16-31-45(36)48(46)47)39-22-17-29-43(34-39)55(40-23-7-2-8-24-40,41-25-9-3-10-26-41)42-27-11-4-12-28-42/h1-35H. The molecule has 0 N–H and O–H groups in total. The van der Waals surface area contributed by atoms with Gasteiger partial charge < -0.3 is 0 Å². The summed E-state index contributed by atoms with van der Waals surface area (Å²) in [6.45, 7) is 0. The topological polar surface area (TPSA) is 38.7 Å². The molecule has 4 heteroatoms. The van der Waals surface area contributed by atoms with Crippen LogP contribution in [0.5, 0.6) is 0 Å². The lowest BCUT2D eigenvalue weighted by Crippen LogP contribution is -2.06. The highest BCUT2D eigenvalue weighted by atomic mass is 32.3. The highest BCUT2D eigenvalue weighted by Crippen LogP contribution is 2.73. The van der Waals surface area contributed by atoms with Crippen molar-refractivity contribution in [1.29, 1.82) is 0 Å². The van der Waals surface area contributed by atoms with E-state index in [9.17, 15) is 0 Å². The number of fused-ring (bicyclic) bond motifs is 5. The third-order valence-corrected chi connectivity index (χ3v) is 14.3. The molecule has 0 unspecified atom stereocenters. The Labute approximate surface area is 322 Å². The zero-order valence-electron chi connectivity index (χ0n) is 30.0. The normalized spacial score (nSPS) is 11.9. The maximum Gasteiger partial charge on any atom is 0.164 e. The molecule has 0 amide bonds. The second-order valence-corrected chi connectivity index (χ2v) is 16.7. The Kier molecular flexibility index (Phi) is 8.24. The van der Waals surface area contributed by atoms with E-state index in [1.54, 1.807) is 0 Å². The Morgan fingerprint density at radius 2 is 0.764 bits per heavy atom. The van der Waals surface area contributed by atoms with Crippen molar-refractivity contribution in [3.63, 3.8) is 0 Å². The summed E-state index contributed by atoms with van der Waals surface area (Å²) >= 11 is 0. The summed E-state index contributed by atoms with van der Waals surface area (Å²) in [5.74, 6) is 1.92. The van der Waals surface area contributed by atoms with Gasteiger partial charge in [0.05, 0.1) is 0 Å². The summed E-state index contributed by atoms with van der Waals surface area (Å²) < 4.78 is 0. The molecule has 0 atom stereocenters. The molecule has 0 aliphatic carbocycles. The molecule has 10 aromatic rings. The van der Waals surface area contributed by atoms with Crippen LogP contribution in [0.2, 0.25) is 0 Å². The fourth-order valence-electron chi connectivity index (χ4n) is 7.92. The van der Waals surface area contributed by atoms with E-state index >= 15 is 0 Å². The molecule has 10 rings (SSSR count). The SMILES string of the molecule is c1ccc(-c2nc(-c3cccc(S(c4ccccc4)(c4ccccc4)c4ccccc4)c3)nc(-c3cc4ccccc4c4ccc5ccccc5c34)n2)cc1. The first-order valence-electron chi connectivity index (χ1n) is 18.5. The highest BCUT2D eigenvalue weighted by Gasteiger charge is 2.33. The minimum atomic E-state index is -1.92. The van der Waals surface area contributed by atoms with Crippen LogP contribution < -0.4 is 0 Å². The molecule has 260 valence electrons. The van der Waals surface area contributed by atoms with E-state index in [0.29, 0.717) is 17.5 Å². The lowest BCUT2D eigenvalue weighted by atomic mass is 9.92. The molecule has 55 heavy (non-hydrogen) atoms. The van der Waals surface area contributed by atoms with Crippen LogP contribution in [0.15, 0.2) is 232 Å². The summed E-state index contributed by atoms with van der Waals surface area (Å²) in [6.07, 6.45) is 0. The first-order valence-corrected chi connectivity index (χ1v) is 20.1. The number of nitrogens with zero attached hydrogens (tertiary/aromatic N) is 3. The van der Waals surface area contributed by atoms with Crippen molar-refractivity contribution in [2.24, 2.45) is 0 Å². The molecule has 1 aromatic heterocycles. The first kappa shape index (κ1) is 32.7. The Balaban J connectivity index is 1.26. The predicted molar refractivity (Wildman–Crippen MR) is 229 cm³/mol. The van der Waals surface area contributed by atoms with Crippen LogP contribution in [0.1, 0.15) is 0 Å². The van der Waals surface area contributed by atoms with E-state index in [1.807, 2.05) is 18.2 Å². The smallest absolute Gasteiger partial charge is 0.164 e. The van der Waals surface area contributed by atoms with E-state index < -0.39 is 10.0 Å². The molecule has 0 aliphatic rings. The van der Waals surface area contributed by atoms with Crippen LogP contribution in [0.3, 0.4) is 0 Å². The molecular weight excluding hydrogens is 687 g/mol. The van der Waals surface area contributed by atoms with Gasteiger partial charge in [-0.05, 0) is 81.5 Å². The minimum absolute atomic E-state index is 0.634. The summed E-state index contributed by atoms with van der Waals surface area (Å²) in [5.41, 5.74) is 2.87. The Bertz CT molecular complexity index is 2870. The first-order chi connectivity index (χ1) is 27.3. The predicted octanol–water partition coefficient (Wildman–Crippen LogP) is 13.7. The maximum atomic E-state index is 5.39. The van der Waals surface area contributed by atoms with Gasteiger partial charge in [-0.15, -0.1) is 10.0 Å². The molecule has 0 bridgehead atoms. The molecule has 9 aromatic carbocycles. The van der Waals surface area contributed by atoms with Crippen LogP contribution in [0.25, 0.3) is 66.5 Å². The van der Waals surface area contributed by atoms with Gasteiger partial charge in [-0.1, -0.05) is 158 Å². The summed E-state index contributed by atoms with van der Waals surface area (Å²) in [4.78, 5) is 20.9. The number of hydrogen-bond donors (Lipinski definition) is 0. The van der Waals surface area contributed by atoms with Crippen molar-refractivity contribution in [1.82, 2.24) is 15.0 Å². The summed E-state index contributed by atoms with van der Waals surface area (Å²) in [7, 11) is -1.92. The summed E-state index contributed by atoms with van der Waals surface area (Å²) in [6, 6.07) is 75.8. The molecule has 1 heterocycles. The van der Waals surface area contributed by atoms with E-state index in [2.05, 4.69) is 194 Å². The van der Waals surface area contributed by atoms with Crippen molar-refractivity contribution in [2.45, 2.75) is 19.6 Å². The zero-order chi connectivity index (χ0) is 36.6. The summed E-state index contributed by atoms with van der Waals surface area (Å²) in [5, 5.41) is 7.03. The molecule has 3 nitrogen and oxygen atoms in total. The van der Waals surface area contributed by atoms with E-state index in [4.69, 9.17) is 15.0 Å². The van der Waals surface area contributed by atoms with Gasteiger partial charge in [0.2, 0.25) is 0 Å². The number of hydrogen-bond acceptors (Lipinski definition) is 3. The fourth-order valence-corrected chi connectivity index (χ4v) is 11.8. The largest absolute Gasteiger partial charge is 0.208 e. The average molecular weight is 722 g/mol. The average Bonchev–Trinajstić information content (AvgIpc) is 3.27. The van der Waals surface area contributed by atoms with Gasteiger partial charge in [0.1, 0.15) is 0 Å². The van der Waals surface area contributed by atoms with Gasteiger partial charge in [-0.3, -0.25) is 0 Å². The molecule has 0 spiro atoms. The molecule has 0 aliphatic heterocycles. The molecular formula is C51H35N3S. The van der Waals surface area contributed by atoms with Crippen LogP contribution in [0, 0.1) is 0 Å². The van der Waals surface area contributed by atoms with Crippen LogP contribution in [-0.2, 0) is 0 Å². The minimum Gasteiger partial charge on any atom is -0.208 e. The van der Waals surface area contributed by atoms with Gasteiger partial charge in [-0.2, -0.15) is 0 Å². The fraction of sp³-hybridized carbons (Fsp3) is 0. The van der Waals surface area contributed by atoms with Crippen LogP contribution >= 0.6 is 10.0 Å². The molecule has 0 saturated carbocycles. The molecule has 0 saturated heterocycles. The van der Waals surface area contributed by atoms with Gasteiger partial charge in [0.15, 0.2) is 17.5 Å². The lowest BCUT2D eigenvalue weighted by molar-refractivity contribution is 1.07. The van der Waals surface area contributed by atoms with Crippen molar-refractivity contribution in [3.8, 4) is 34.2 Å². The van der Waals surface area contributed by atoms with Gasteiger partial charge in [0, 0.05) is 41.7 Å². The van der Waals surface area contributed by atoms with E-state index in [1.165, 1.54) is 41.1 Å². The van der Waals surface area contributed by atoms with Crippen LogP contribution in [0.4, 0.5) is 0 Å². The maximum absolute atomic E-state index is 5.39. The van der Waals surface area contributed by atoms with Crippen molar-refractivity contribution in [2.75, 3.05) is 0 Å². The highest BCUT2D eigenvalue weighted by molar-refractivity contribution is 8.34. The van der Waals surface area contributed by atoms with Gasteiger partial charge in [-0.25, -0.2) is 15.0 Å². The molecule has 0 radical (unpaired) electrons. The lowest BCUT2D eigenvalue weighted by Gasteiger charge is -2.42. The Hall–Kier alpha value is -6.88. The van der Waals surface area contributed by atoms with Crippen LogP contribution in [-0.4, -0.2) is 15.0 Å². The Morgan fingerprint density at radius 1 is 0.291 bits per heavy atom. The van der Waals surface area contributed by atoms with Crippen molar-refractivity contribution in [3.05, 3.63) is 212 Å². The quantitative estimate of drug-likeness (QED) is 0.154.